The van der Waals surface area contributed by atoms with E-state index in [-0.39, 0.29) is 37.4 Å². The molecule has 14 heteroatoms. The number of aryl methyl sites for hydroxylation is 1. The number of hydrogen-bond donors (Lipinski definition) is 0. The summed E-state index contributed by atoms with van der Waals surface area (Å²) in [4.78, 5) is 33.3. The molecule has 0 N–H and O–H groups in total. The fourth-order valence-corrected chi connectivity index (χ4v) is 8.39. The van der Waals surface area contributed by atoms with E-state index in [9.17, 15) is 9.18 Å². The Balaban J connectivity index is 1.19. The zero-order valence-electron chi connectivity index (χ0n) is 31.3. The van der Waals surface area contributed by atoms with Gasteiger partial charge in [0.2, 0.25) is 12.0 Å². The van der Waals surface area contributed by atoms with E-state index < -0.39 is 17.9 Å². The minimum absolute atomic E-state index is 0.0424. The van der Waals surface area contributed by atoms with Gasteiger partial charge in [0, 0.05) is 12.6 Å². The van der Waals surface area contributed by atoms with E-state index in [4.69, 9.17) is 33.4 Å². The molecule has 0 amide bonds. The summed E-state index contributed by atoms with van der Waals surface area (Å²) in [5, 5.41) is 0.590. The Hall–Kier alpha value is -5.02. The Morgan fingerprint density at radius 2 is 1.88 bits per heavy atom. The number of ether oxygens (including phenoxy) is 6. The van der Waals surface area contributed by atoms with Crippen molar-refractivity contribution in [3.8, 4) is 39.2 Å². The van der Waals surface area contributed by atoms with Crippen molar-refractivity contribution in [2.45, 2.75) is 64.6 Å². The number of para-hydroxylation sites is 1. The molecule has 4 heterocycles. The van der Waals surface area contributed by atoms with Gasteiger partial charge in [-0.15, -0.1) is 11.3 Å². The fraction of sp³-hybridized carbons (Fsp3) is 0.310. The highest BCUT2D eigenvalue weighted by Gasteiger charge is 2.32. The van der Waals surface area contributed by atoms with Gasteiger partial charge in [0.05, 0.1) is 52.4 Å². The maximum atomic E-state index is 13.7. The van der Waals surface area contributed by atoms with E-state index in [0.29, 0.717) is 50.7 Å². The molecule has 56 heavy (non-hydrogen) atoms. The number of hydrogen-bond acceptors (Lipinski definition) is 12. The number of aromatic nitrogens is 4. The van der Waals surface area contributed by atoms with Crippen LogP contribution < -0.4 is 14.2 Å². The van der Waals surface area contributed by atoms with Crippen molar-refractivity contribution < 1.29 is 37.6 Å². The first kappa shape index (κ1) is 39.2. The van der Waals surface area contributed by atoms with E-state index in [2.05, 4.69) is 30.9 Å². The normalized spacial score (nSPS) is 15.4. The third-order valence-corrected chi connectivity index (χ3v) is 11.3. The second-order valence-corrected chi connectivity index (χ2v) is 15.3. The summed E-state index contributed by atoms with van der Waals surface area (Å²) in [5.74, 6) is 0.412. The van der Waals surface area contributed by atoms with Crippen LogP contribution in [0.3, 0.4) is 0 Å². The topological polar surface area (TPSA) is 124 Å². The molecule has 0 aliphatic carbocycles. The van der Waals surface area contributed by atoms with Crippen molar-refractivity contribution in [3.63, 3.8) is 0 Å². The molecule has 1 aliphatic heterocycles. The van der Waals surface area contributed by atoms with Gasteiger partial charge in [-0.25, -0.2) is 29.1 Å². The van der Waals surface area contributed by atoms with Crippen molar-refractivity contribution >= 4 is 43.5 Å². The molecule has 11 nitrogen and oxygen atoms in total. The highest BCUT2D eigenvalue weighted by Crippen LogP contribution is 2.44. The van der Waals surface area contributed by atoms with Crippen LogP contribution in [0.25, 0.3) is 32.0 Å². The first-order valence-corrected chi connectivity index (χ1v) is 19.8. The quantitative estimate of drug-likeness (QED) is 0.0921. The molecule has 3 aromatic carbocycles. The molecule has 7 rings (SSSR count). The van der Waals surface area contributed by atoms with Gasteiger partial charge in [0.15, 0.2) is 11.6 Å². The van der Waals surface area contributed by atoms with E-state index in [1.165, 1.54) is 29.8 Å². The molecule has 1 saturated heterocycles. The number of methoxy groups -OCH3 is 1. The first-order valence-electron chi connectivity index (χ1n) is 18.1. The summed E-state index contributed by atoms with van der Waals surface area (Å²) in [6, 6.07) is 21.5. The molecule has 2 atom stereocenters. The molecule has 3 aromatic heterocycles. The smallest absolute Gasteiger partial charge is 0.347 e. The Labute approximate surface area is 336 Å². The highest BCUT2D eigenvalue weighted by molar-refractivity contribution is 9.10. The maximum Gasteiger partial charge on any atom is 0.347 e. The van der Waals surface area contributed by atoms with E-state index >= 15 is 0 Å². The predicted octanol–water partition coefficient (Wildman–Crippen LogP) is 8.94. The number of esters is 1. The lowest BCUT2D eigenvalue weighted by molar-refractivity contribution is -0.151. The Bertz CT molecular complexity index is 2320. The lowest BCUT2D eigenvalue weighted by Gasteiger charge is -2.20. The van der Waals surface area contributed by atoms with Crippen molar-refractivity contribution in [2.24, 2.45) is 0 Å². The standard InChI is InChI=1S/C42H40BrFN4O7S/c1-5-51-41(49)34(54-39-35-36(43)37(56-40(35)47-24-46-39)26-12-14-28(44)15-13-26)21-27-20-25(10-16-30-23-53-42(2,3)55-30)11-17-32(27)52-22-29-18-19-45-38(48-29)31-8-6-7-9-33(31)50-4/h6-9,11-15,17-20,24,30,34H,5,10,16,21-23H2,1-4H3/t30-,34+/m0/s1. The summed E-state index contributed by atoms with van der Waals surface area (Å²) in [5.41, 5.74) is 3.96. The molecule has 0 spiro atoms. The van der Waals surface area contributed by atoms with Gasteiger partial charge in [0.25, 0.3) is 0 Å². The Morgan fingerprint density at radius 3 is 2.64 bits per heavy atom. The maximum absolute atomic E-state index is 13.7. The average molecular weight is 844 g/mol. The van der Waals surface area contributed by atoms with Gasteiger partial charge in [-0.05, 0) is 103 Å². The van der Waals surface area contributed by atoms with E-state index in [1.807, 2.05) is 56.3 Å². The minimum atomic E-state index is -1.10. The van der Waals surface area contributed by atoms with Gasteiger partial charge in [-0.1, -0.05) is 36.4 Å². The zero-order chi connectivity index (χ0) is 39.2. The molecule has 0 unspecified atom stereocenters. The first-order chi connectivity index (χ1) is 27.1. The summed E-state index contributed by atoms with van der Waals surface area (Å²) in [6.07, 6.45) is 3.49. The number of carbonyl (C=O) groups is 1. The largest absolute Gasteiger partial charge is 0.496 e. The van der Waals surface area contributed by atoms with E-state index in [1.54, 1.807) is 38.4 Å². The number of rotatable bonds is 15. The minimum Gasteiger partial charge on any atom is -0.496 e. The van der Waals surface area contributed by atoms with Crippen molar-refractivity contribution in [1.29, 1.82) is 0 Å². The average Bonchev–Trinajstić information content (AvgIpc) is 3.74. The molecule has 290 valence electrons. The Kier molecular flexibility index (Phi) is 12.2. The van der Waals surface area contributed by atoms with Crippen LogP contribution in [0.15, 0.2) is 89.8 Å². The number of halogens is 2. The zero-order valence-corrected chi connectivity index (χ0v) is 33.7. The van der Waals surface area contributed by atoms with Crippen LogP contribution in [-0.2, 0) is 38.5 Å². The highest BCUT2D eigenvalue weighted by atomic mass is 79.9. The molecular formula is C42H40BrFN4O7S. The van der Waals surface area contributed by atoms with Crippen LogP contribution in [-0.4, -0.2) is 64.2 Å². The lowest BCUT2D eigenvalue weighted by atomic mass is 10.00. The Morgan fingerprint density at radius 1 is 1.05 bits per heavy atom. The van der Waals surface area contributed by atoms with Gasteiger partial charge < -0.3 is 28.4 Å². The van der Waals surface area contributed by atoms with Crippen molar-refractivity contribution in [3.05, 3.63) is 112 Å². The summed E-state index contributed by atoms with van der Waals surface area (Å²) in [6.45, 7) is 6.37. The van der Waals surface area contributed by atoms with E-state index in [0.717, 1.165) is 33.6 Å². The predicted molar refractivity (Wildman–Crippen MR) is 213 cm³/mol. The molecule has 0 bridgehead atoms. The number of benzene rings is 3. The third-order valence-electron chi connectivity index (χ3n) is 9.09. The van der Waals surface area contributed by atoms with Crippen LogP contribution in [0.2, 0.25) is 0 Å². The number of nitrogens with zero attached hydrogens (tertiary/aromatic N) is 4. The fourth-order valence-electron chi connectivity index (χ4n) is 6.40. The van der Waals surface area contributed by atoms with Crippen molar-refractivity contribution in [1.82, 2.24) is 19.9 Å². The molecule has 1 aliphatic rings. The van der Waals surface area contributed by atoms with Gasteiger partial charge >= 0.3 is 5.97 Å². The molecular weight excluding hydrogens is 803 g/mol. The van der Waals surface area contributed by atoms with Crippen LogP contribution in [0.5, 0.6) is 17.4 Å². The van der Waals surface area contributed by atoms with Gasteiger partial charge in [-0.2, -0.15) is 0 Å². The summed E-state index contributed by atoms with van der Waals surface area (Å²) < 4.78 is 50.2. The van der Waals surface area contributed by atoms with Crippen LogP contribution in [0.1, 0.15) is 44.0 Å². The number of carbonyl (C=O) groups excluding carboxylic acids is 1. The van der Waals surface area contributed by atoms with Crippen LogP contribution >= 0.6 is 27.3 Å². The molecule has 0 saturated carbocycles. The van der Waals surface area contributed by atoms with Gasteiger partial charge in [-0.3, -0.25) is 0 Å². The second-order valence-electron chi connectivity index (χ2n) is 13.5. The second kappa shape index (κ2) is 17.4. The third kappa shape index (κ3) is 9.15. The monoisotopic (exact) mass is 842 g/mol. The summed E-state index contributed by atoms with van der Waals surface area (Å²) >= 11 is 5.11. The SMILES string of the molecule is CCOC(=O)[C@@H](Cc1cc(CC[C@H]2COC(C)(C)O2)ccc1OCc1ccnc(-c2ccccc2OC)n1)Oc1ncnc2sc(-c3ccc(F)cc3)c(Br)c12. The van der Waals surface area contributed by atoms with Gasteiger partial charge in [0.1, 0.15) is 35.1 Å². The number of thiophene rings is 1. The van der Waals surface area contributed by atoms with Crippen LogP contribution in [0.4, 0.5) is 4.39 Å². The molecule has 1 fully saturated rings. The number of fused-ring (bicyclic) bond motifs is 1. The van der Waals surface area contributed by atoms with Crippen LogP contribution in [0, 0.1) is 5.82 Å². The lowest BCUT2D eigenvalue weighted by Crippen LogP contribution is -2.32. The van der Waals surface area contributed by atoms with Crippen molar-refractivity contribution in [2.75, 3.05) is 20.3 Å². The summed E-state index contributed by atoms with van der Waals surface area (Å²) in [7, 11) is 1.61. The molecule has 0 radical (unpaired) electrons. The molecule has 6 aromatic rings.